The zero-order valence-electron chi connectivity index (χ0n) is 14.1. The number of hydrogen-bond donors (Lipinski definition) is 0. The number of amides is 1. The van der Waals surface area contributed by atoms with Crippen LogP contribution in [0.25, 0.3) is 6.08 Å². The van der Waals surface area contributed by atoms with E-state index in [9.17, 15) is 4.79 Å². The molecule has 1 aliphatic rings. The number of pyridine rings is 1. The number of aryl methyl sites for hydroxylation is 1. The Kier molecular flexibility index (Phi) is 5.39. The van der Waals surface area contributed by atoms with Crippen molar-refractivity contribution in [3.8, 4) is 0 Å². The van der Waals surface area contributed by atoms with E-state index < -0.39 is 0 Å². The van der Waals surface area contributed by atoms with Crippen molar-refractivity contribution < 1.29 is 4.79 Å². The van der Waals surface area contributed by atoms with Gasteiger partial charge in [0.1, 0.15) is 0 Å². The smallest absolute Gasteiger partial charge is 0.255 e. The van der Waals surface area contributed by atoms with Gasteiger partial charge in [0.25, 0.3) is 5.91 Å². The number of carbonyl (C=O) groups is 1. The summed E-state index contributed by atoms with van der Waals surface area (Å²) in [5.74, 6) is 0.0973. The highest BCUT2D eigenvalue weighted by molar-refractivity contribution is 5.95. The lowest BCUT2D eigenvalue weighted by molar-refractivity contribution is 0.0649. The second-order valence-corrected chi connectivity index (χ2v) is 6.10. The van der Waals surface area contributed by atoms with Crippen LogP contribution in [0.1, 0.15) is 21.5 Å². The van der Waals surface area contributed by atoms with E-state index in [0.717, 1.165) is 43.9 Å². The molecule has 0 N–H and O–H groups in total. The number of nitrogens with zero attached hydrogens (tertiary/aromatic N) is 3. The molecule has 0 spiro atoms. The van der Waals surface area contributed by atoms with Crippen LogP contribution in [0.3, 0.4) is 0 Å². The standard InChI is InChI=1S/C20H23N3O/c1-17-9-10-21-16-19(17)20(24)23-14-12-22(13-15-23)11-5-8-18-6-3-2-4-7-18/h2-10,16H,11-15H2,1H3/b8-5+. The zero-order valence-corrected chi connectivity index (χ0v) is 14.1. The van der Waals surface area contributed by atoms with Gasteiger partial charge in [-0.2, -0.15) is 0 Å². The third-order valence-electron chi connectivity index (χ3n) is 4.40. The van der Waals surface area contributed by atoms with Gasteiger partial charge in [-0.15, -0.1) is 0 Å². The molecular formula is C20H23N3O. The van der Waals surface area contributed by atoms with E-state index in [0.29, 0.717) is 0 Å². The minimum absolute atomic E-state index is 0.0973. The van der Waals surface area contributed by atoms with Crippen LogP contribution in [0.4, 0.5) is 0 Å². The number of hydrogen-bond acceptors (Lipinski definition) is 3. The molecule has 24 heavy (non-hydrogen) atoms. The van der Waals surface area contributed by atoms with Crippen molar-refractivity contribution in [2.24, 2.45) is 0 Å². The van der Waals surface area contributed by atoms with Crippen LogP contribution in [-0.2, 0) is 0 Å². The first-order valence-corrected chi connectivity index (χ1v) is 8.38. The predicted octanol–water partition coefficient (Wildman–Crippen LogP) is 2.86. The fourth-order valence-corrected chi connectivity index (χ4v) is 2.89. The lowest BCUT2D eigenvalue weighted by Gasteiger charge is -2.34. The molecule has 1 amide bonds. The fourth-order valence-electron chi connectivity index (χ4n) is 2.89. The summed E-state index contributed by atoms with van der Waals surface area (Å²) in [5.41, 5.74) is 2.93. The van der Waals surface area contributed by atoms with E-state index in [4.69, 9.17) is 0 Å². The Morgan fingerprint density at radius 3 is 2.58 bits per heavy atom. The summed E-state index contributed by atoms with van der Waals surface area (Å²) in [6.45, 7) is 6.23. The van der Waals surface area contributed by atoms with E-state index >= 15 is 0 Å². The van der Waals surface area contributed by atoms with E-state index in [-0.39, 0.29) is 5.91 Å². The highest BCUT2D eigenvalue weighted by Gasteiger charge is 2.22. The summed E-state index contributed by atoms with van der Waals surface area (Å²) in [7, 11) is 0. The molecule has 4 heteroatoms. The number of benzene rings is 1. The van der Waals surface area contributed by atoms with Crippen LogP contribution in [0.5, 0.6) is 0 Å². The fraction of sp³-hybridized carbons (Fsp3) is 0.300. The molecular weight excluding hydrogens is 298 g/mol. The van der Waals surface area contributed by atoms with E-state index in [1.165, 1.54) is 5.56 Å². The van der Waals surface area contributed by atoms with Crippen molar-refractivity contribution in [3.63, 3.8) is 0 Å². The summed E-state index contributed by atoms with van der Waals surface area (Å²) in [6, 6.07) is 12.2. The topological polar surface area (TPSA) is 36.4 Å². The molecule has 1 aromatic carbocycles. The van der Waals surface area contributed by atoms with Crippen LogP contribution < -0.4 is 0 Å². The summed E-state index contributed by atoms with van der Waals surface area (Å²) in [4.78, 5) is 21.0. The monoisotopic (exact) mass is 321 g/mol. The minimum Gasteiger partial charge on any atom is -0.336 e. The second kappa shape index (κ2) is 7.88. The first kappa shape index (κ1) is 16.4. The van der Waals surface area contributed by atoms with Gasteiger partial charge < -0.3 is 4.90 Å². The molecule has 1 fully saturated rings. The summed E-state index contributed by atoms with van der Waals surface area (Å²) >= 11 is 0. The van der Waals surface area contributed by atoms with Crippen molar-refractivity contribution in [3.05, 3.63) is 71.6 Å². The van der Waals surface area contributed by atoms with Gasteiger partial charge in [0.2, 0.25) is 0 Å². The molecule has 2 heterocycles. The van der Waals surface area contributed by atoms with Crippen LogP contribution in [0.15, 0.2) is 54.9 Å². The maximum atomic E-state index is 12.6. The molecule has 0 aliphatic carbocycles. The average Bonchev–Trinajstić information content (AvgIpc) is 2.63. The van der Waals surface area contributed by atoms with Crippen LogP contribution >= 0.6 is 0 Å². The Balaban J connectivity index is 1.50. The molecule has 124 valence electrons. The third kappa shape index (κ3) is 4.09. The SMILES string of the molecule is Cc1ccncc1C(=O)N1CCN(C/C=C/c2ccccc2)CC1. The Labute approximate surface area is 143 Å². The van der Waals surface area contributed by atoms with Crippen LogP contribution in [-0.4, -0.2) is 53.4 Å². The van der Waals surface area contributed by atoms with Crippen molar-refractivity contribution in [1.29, 1.82) is 0 Å². The molecule has 0 atom stereocenters. The molecule has 1 saturated heterocycles. The van der Waals surface area contributed by atoms with Crippen molar-refractivity contribution >= 4 is 12.0 Å². The lowest BCUT2D eigenvalue weighted by atomic mass is 10.1. The number of carbonyl (C=O) groups excluding carboxylic acids is 1. The lowest BCUT2D eigenvalue weighted by Crippen LogP contribution is -2.48. The van der Waals surface area contributed by atoms with Gasteiger partial charge in [0.15, 0.2) is 0 Å². The van der Waals surface area contributed by atoms with Gasteiger partial charge in [-0.05, 0) is 24.1 Å². The van der Waals surface area contributed by atoms with Gasteiger partial charge in [-0.25, -0.2) is 0 Å². The first-order chi connectivity index (χ1) is 11.7. The Bertz CT molecular complexity index is 704. The summed E-state index contributed by atoms with van der Waals surface area (Å²) in [5, 5.41) is 0. The summed E-state index contributed by atoms with van der Waals surface area (Å²) < 4.78 is 0. The normalized spacial score (nSPS) is 15.8. The number of rotatable bonds is 4. The van der Waals surface area contributed by atoms with Crippen molar-refractivity contribution in [1.82, 2.24) is 14.8 Å². The molecule has 0 saturated carbocycles. The molecule has 2 aromatic rings. The molecule has 0 bridgehead atoms. The van der Waals surface area contributed by atoms with Crippen molar-refractivity contribution in [2.75, 3.05) is 32.7 Å². The number of piperazine rings is 1. The average molecular weight is 321 g/mol. The number of aromatic nitrogens is 1. The van der Waals surface area contributed by atoms with Gasteiger partial charge in [0.05, 0.1) is 5.56 Å². The Morgan fingerprint density at radius 1 is 1.12 bits per heavy atom. The predicted molar refractivity (Wildman–Crippen MR) is 96.8 cm³/mol. The Hall–Kier alpha value is -2.46. The summed E-state index contributed by atoms with van der Waals surface area (Å²) in [6.07, 6.45) is 7.74. The highest BCUT2D eigenvalue weighted by atomic mass is 16.2. The Morgan fingerprint density at radius 2 is 1.88 bits per heavy atom. The second-order valence-electron chi connectivity index (χ2n) is 6.10. The largest absolute Gasteiger partial charge is 0.336 e. The molecule has 1 aromatic heterocycles. The van der Waals surface area contributed by atoms with Crippen LogP contribution in [0, 0.1) is 6.92 Å². The van der Waals surface area contributed by atoms with Gasteiger partial charge in [-0.1, -0.05) is 42.5 Å². The van der Waals surface area contributed by atoms with Gasteiger partial charge in [-0.3, -0.25) is 14.7 Å². The van der Waals surface area contributed by atoms with Crippen LogP contribution in [0.2, 0.25) is 0 Å². The van der Waals surface area contributed by atoms with Gasteiger partial charge in [0, 0.05) is 45.1 Å². The molecule has 0 unspecified atom stereocenters. The molecule has 4 nitrogen and oxygen atoms in total. The highest BCUT2D eigenvalue weighted by Crippen LogP contribution is 2.12. The van der Waals surface area contributed by atoms with E-state index in [1.807, 2.05) is 36.1 Å². The molecule has 0 radical (unpaired) electrons. The van der Waals surface area contributed by atoms with Crippen molar-refractivity contribution in [2.45, 2.75) is 6.92 Å². The molecule has 3 rings (SSSR count). The maximum absolute atomic E-state index is 12.6. The van der Waals surface area contributed by atoms with E-state index in [2.05, 4.69) is 34.2 Å². The zero-order chi connectivity index (χ0) is 16.8. The molecule has 1 aliphatic heterocycles. The first-order valence-electron chi connectivity index (χ1n) is 8.38. The third-order valence-corrected chi connectivity index (χ3v) is 4.40. The maximum Gasteiger partial charge on any atom is 0.255 e. The van der Waals surface area contributed by atoms with Gasteiger partial charge >= 0.3 is 0 Å². The van der Waals surface area contributed by atoms with E-state index in [1.54, 1.807) is 12.4 Å². The quantitative estimate of drug-likeness (QED) is 0.869. The minimum atomic E-state index is 0.0973.